The second kappa shape index (κ2) is 6.80. The van der Waals surface area contributed by atoms with Gasteiger partial charge in [0.1, 0.15) is 11.8 Å². The molecule has 1 heterocycles. The molecule has 1 aromatic carbocycles. The second-order valence-electron chi connectivity index (χ2n) is 5.09. The molecule has 0 aliphatic carbocycles. The van der Waals surface area contributed by atoms with Gasteiger partial charge in [-0.2, -0.15) is 0 Å². The summed E-state index contributed by atoms with van der Waals surface area (Å²) in [5.74, 6) is -0.719. The van der Waals surface area contributed by atoms with Gasteiger partial charge < -0.3 is 14.7 Å². The molecule has 0 aromatic heterocycles. The highest BCUT2D eigenvalue weighted by Gasteiger charge is 2.31. The summed E-state index contributed by atoms with van der Waals surface area (Å²) in [6, 6.07) is 4.49. The molecule has 1 fully saturated rings. The van der Waals surface area contributed by atoms with Crippen LogP contribution in [0.25, 0.3) is 0 Å². The van der Waals surface area contributed by atoms with Crippen molar-refractivity contribution in [2.24, 2.45) is 0 Å². The van der Waals surface area contributed by atoms with Crippen molar-refractivity contribution in [3.8, 4) is 5.75 Å². The summed E-state index contributed by atoms with van der Waals surface area (Å²) in [4.78, 5) is 24.8. The summed E-state index contributed by atoms with van der Waals surface area (Å²) >= 11 is 5.99. The maximum atomic E-state index is 12.2. The molecule has 1 aliphatic rings. The summed E-state index contributed by atoms with van der Waals surface area (Å²) in [7, 11) is 0. The number of likely N-dealkylation sites (tertiary alicyclic amines) is 1. The monoisotopic (exact) mass is 311 g/mol. The van der Waals surface area contributed by atoms with Gasteiger partial charge in [-0.25, -0.2) is 4.79 Å². The fourth-order valence-electron chi connectivity index (χ4n) is 2.45. The van der Waals surface area contributed by atoms with Crippen molar-refractivity contribution in [3.63, 3.8) is 0 Å². The van der Waals surface area contributed by atoms with E-state index >= 15 is 0 Å². The van der Waals surface area contributed by atoms with Gasteiger partial charge in [0, 0.05) is 17.1 Å². The first-order chi connectivity index (χ1) is 10.0. The first kappa shape index (κ1) is 15.6. The van der Waals surface area contributed by atoms with Crippen LogP contribution in [0.3, 0.4) is 0 Å². The van der Waals surface area contributed by atoms with Gasteiger partial charge in [-0.3, -0.25) is 4.79 Å². The SMILES string of the molecule is Cc1c(Cl)cccc1OCC(=O)N1CCCC[C@@H]1C(=O)O. The van der Waals surface area contributed by atoms with Crippen LogP contribution < -0.4 is 4.74 Å². The van der Waals surface area contributed by atoms with Crippen LogP contribution in [0, 0.1) is 6.92 Å². The molecule has 1 saturated heterocycles. The number of rotatable bonds is 4. The Balaban J connectivity index is 2.00. The molecule has 1 atom stereocenters. The molecule has 6 heteroatoms. The van der Waals surface area contributed by atoms with Crippen molar-refractivity contribution in [2.75, 3.05) is 13.2 Å². The van der Waals surface area contributed by atoms with Crippen molar-refractivity contribution in [2.45, 2.75) is 32.2 Å². The third-order valence-corrected chi connectivity index (χ3v) is 4.09. The summed E-state index contributed by atoms with van der Waals surface area (Å²) in [5.41, 5.74) is 0.764. The standard InChI is InChI=1S/C15H18ClNO4/c1-10-11(16)5-4-7-13(10)21-9-14(18)17-8-3-2-6-12(17)15(19)20/h4-5,7,12H,2-3,6,8-9H2,1H3,(H,19,20)/t12-/m1/s1. The van der Waals surface area contributed by atoms with Crippen molar-refractivity contribution < 1.29 is 19.4 Å². The Morgan fingerprint density at radius 1 is 1.43 bits per heavy atom. The molecule has 0 bridgehead atoms. The highest BCUT2D eigenvalue weighted by Crippen LogP contribution is 2.25. The summed E-state index contributed by atoms with van der Waals surface area (Å²) < 4.78 is 5.49. The smallest absolute Gasteiger partial charge is 0.326 e. The van der Waals surface area contributed by atoms with Crippen LogP contribution >= 0.6 is 11.6 Å². The maximum Gasteiger partial charge on any atom is 0.326 e. The largest absolute Gasteiger partial charge is 0.483 e. The van der Waals surface area contributed by atoms with Crippen LogP contribution in [0.2, 0.25) is 5.02 Å². The van der Waals surface area contributed by atoms with Gasteiger partial charge in [-0.1, -0.05) is 17.7 Å². The van der Waals surface area contributed by atoms with Crippen molar-refractivity contribution in [3.05, 3.63) is 28.8 Å². The van der Waals surface area contributed by atoms with Crippen LogP contribution in [-0.2, 0) is 9.59 Å². The number of ether oxygens (including phenoxy) is 1. The molecule has 1 N–H and O–H groups in total. The molecule has 5 nitrogen and oxygen atoms in total. The van der Waals surface area contributed by atoms with Gasteiger partial charge in [-0.15, -0.1) is 0 Å². The lowest BCUT2D eigenvalue weighted by Crippen LogP contribution is -2.49. The number of aliphatic carboxylic acids is 1. The summed E-state index contributed by atoms with van der Waals surface area (Å²) in [6.45, 7) is 2.10. The number of carbonyl (C=O) groups is 2. The minimum atomic E-state index is -0.956. The lowest BCUT2D eigenvalue weighted by molar-refractivity contribution is -0.152. The number of benzene rings is 1. The van der Waals surface area contributed by atoms with Crippen LogP contribution in [0.4, 0.5) is 0 Å². The molecule has 0 radical (unpaired) electrons. The zero-order valence-corrected chi connectivity index (χ0v) is 12.6. The Labute approximate surface area is 128 Å². The molecule has 2 rings (SSSR count). The predicted octanol–water partition coefficient (Wildman–Crippen LogP) is 2.49. The van der Waals surface area contributed by atoms with Gasteiger partial charge in [0.25, 0.3) is 5.91 Å². The fourth-order valence-corrected chi connectivity index (χ4v) is 2.62. The molecule has 1 aromatic rings. The predicted molar refractivity (Wildman–Crippen MR) is 78.7 cm³/mol. The zero-order valence-electron chi connectivity index (χ0n) is 11.8. The van der Waals surface area contributed by atoms with Crippen LogP contribution in [0.1, 0.15) is 24.8 Å². The Morgan fingerprint density at radius 2 is 2.19 bits per heavy atom. The van der Waals surface area contributed by atoms with E-state index in [0.29, 0.717) is 23.7 Å². The number of hydrogen-bond acceptors (Lipinski definition) is 3. The van der Waals surface area contributed by atoms with Crippen molar-refractivity contribution in [1.82, 2.24) is 4.90 Å². The molecular weight excluding hydrogens is 294 g/mol. The molecular formula is C15H18ClNO4. The molecule has 0 spiro atoms. The van der Waals surface area contributed by atoms with E-state index in [9.17, 15) is 14.7 Å². The van der Waals surface area contributed by atoms with Crippen LogP contribution in [0.5, 0.6) is 5.75 Å². The van der Waals surface area contributed by atoms with E-state index in [-0.39, 0.29) is 12.5 Å². The number of halogens is 1. The van der Waals surface area contributed by atoms with E-state index in [0.717, 1.165) is 18.4 Å². The number of nitrogens with zero attached hydrogens (tertiary/aromatic N) is 1. The van der Waals surface area contributed by atoms with E-state index < -0.39 is 12.0 Å². The van der Waals surface area contributed by atoms with E-state index in [1.165, 1.54) is 4.90 Å². The number of carboxylic acids is 1. The summed E-state index contributed by atoms with van der Waals surface area (Å²) in [6.07, 6.45) is 2.15. The number of hydrogen-bond donors (Lipinski definition) is 1. The molecule has 0 saturated carbocycles. The Hall–Kier alpha value is -1.75. The molecule has 1 amide bonds. The lowest BCUT2D eigenvalue weighted by Gasteiger charge is -2.32. The fraction of sp³-hybridized carbons (Fsp3) is 0.467. The van der Waals surface area contributed by atoms with E-state index in [1.54, 1.807) is 18.2 Å². The van der Waals surface area contributed by atoms with E-state index in [4.69, 9.17) is 16.3 Å². The molecule has 1 aliphatic heterocycles. The van der Waals surface area contributed by atoms with Gasteiger partial charge >= 0.3 is 5.97 Å². The Bertz CT molecular complexity index is 546. The Kier molecular flexibility index (Phi) is 5.07. The molecule has 21 heavy (non-hydrogen) atoms. The number of carbonyl (C=O) groups excluding carboxylic acids is 1. The normalized spacial score (nSPS) is 18.4. The Morgan fingerprint density at radius 3 is 2.90 bits per heavy atom. The highest BCUT2D eigenvalue weighted by atomic mass is 35.5. The quantitative estimate of drug-likeness (QED) is 0.927. The van der Waals surface area contributed by atoms with Crippen LogP contribution in [-0.4, -0.2) is 41.1 Å². The van der Waals surface area contributed by atoms with Crippen molar-refractivity contribution >= 4 is 23.5 Å². The first-order valence-electron chi connectivity index (χ1n) is 6.91. The van der Waals surface area contributed by atoms with Gasteiger partial charge in [0.2, 0.25) is 0 Å². The topological polar surface area (TPSA) is 66.8 Å². The maximum absolute atomic E-state index is 12.2. The third kappa shape index (κ3) is 3.67. The number of carboxylic acid groups (broad SMARTS) is 1. The molecule has 114 valence electrons. The lowest BCUT2D eigenvalue weighted by atomic mass is 10.0. The van der Waals surface area contributed by atoms with Crippen molar-refractivity contribution in [1.29, 1.82) is 0 Å². The van der Waals surface area contributed by atoms with E-state index in [1.807, 2.05) is 6.92 Å². The number of amides is 1. The minimum Gasteiger partial charge on any atom is -0.483 e. The average Bonchev–Trinajstić information content (AvgIpc) is 2.48. The summed E-state index contributed by atoms with van der Waals surface area (Å²) in [5, 5.41) is 9.74. The zero-order chi connectivity index (χ0) is 15.4. The number of piperidine rings is 1. The van der Waals surface area contributed by atoms with Gasteiger partial charge in [0.15, 0.2) is 6.61 Å². The third-order valence-electron chi connectivity index (χ3n) is 3.68. The average molecular weight is 312 g/mol. The highest BCUT2D eigenvalue weighted by molar-refractivity contribution is 6.31. The van der Waals surface area contributed by atoms with Gasteiger partial charge in [0.05, 0.1) is 0 Å². The second-order valence-corrected chi connectivity index (χ2v) is 5.50. The van der Waals surface area contributed by atoms with E-state index in [2.05, 4.69) is 0 Å². The minimum absolute atomic E-state index is 0.176. The molecule has 0 unspecified atom stereocenters. The van der Waals surface area contributed by atoms with Gasteiger partial charge in [-0.05, 0) is 38.3 Å². The van der Waals surface area contributed by atoms with Crippen LogP contribution in [0.15, 0.2) is 18.2 Å². The first-order valence-corrected chi connectivity index (χ1v) is 7.28.